The number of methoxy groups -OCH3 is 1. The van der Waals surface area contributed by atoms with Crippen molar-refractivity contribution in [3.63, 3.8) is 0 Å². The largest absolute Gasteiger partial charge is 0.495 e. The summed E-state index contributed by atoms with van der Waals surface area (Å²) in [6.07, 6.45) is 3.70. The highest BCUT2D eigenvalue weighted by atomic mass is 16.5. The molecule has 0 spiro atoms. The van der Waals surface area contributed by atoms with Gasteiger partial charge in [-0.1, -0.05) is 42.5 Å². The summed E-state index contributed by atoms with van der Waals surface area (Å²) in [6, 6.07) is 22.7. The Labute approximate surface area is 285 Å². The molecule has 0 saturated carbocycles. The van der Waals surface area contributed by atoms with Crippen LogP contribution in [0, 0.1) is 0 Å². The van der Waals surface area contributed by atoms with E-state index in [1.54, 1.807) is 13.2 Å². The number of allylic oxidation sites excluding steroid dienone is 1. The van der Waals surface area contributed by atoms with Crippen molar-refractivity contribution in [1.82, 2.24) is 30.0 Å². The number of H-pyrrole nitrogens is 1. The summed E-state index contributed by atoms with van der Waals surface area (Å²) >= 11 is 0. The van der Waals surface area contributed by atoms with Gasteiger partial charge in [-0.15, -0.1) is 0 Å². The standard InChI is InChI=1S/C37H41N9O3/c1-44(2)17-9-14-29(47)23-25-10-8-11-26(22-25)33-32-34(36(48)38-27-12-6-5-7-13-27)42-43-35(32)41-37(40-33)39-28-15-16-31(49-4)30(24-28)46-20-18-45(3)19-21-46/h5-16,22,24H,17-21,23H2,1-4H3,(H,38,48)(H2,39,40,41,42,43)/b14-9+. The molecule has 3 heterocycles. The van der Waals surface area contributed by atoms with Crippen molar-refractivity contribution in [2.45, 2.75) is 6.42 Å². The number of likely N-dealkylation sites (N-methyl/N-ethyl adjacent to an activating group) is 2. The monoisotopic (exact) mass is 659 g/mol. The number of ketones is 1. The van der Waals surface area contributed by atoms with Gasteiger partial charge in [0.1, 0.15) is 11.4 Å². The third-order valence-corrected chi connectivity index (χ3v) is 8.30. The number of aromatic amines is 1. The molecule has 12 heteroatoms. The molecule has 12 nitrogen and oxygen atoms in total. The Morgan fingerprint density at radius 1 is 0.959 bits per heavy atom. The zero-order chi connectivity index (χ0) is 34.3. The van der Waals surface area contributed by atoms with Crippen LogP contribution >= 0.6 is 0 Å². The molecular weight excluding hydrogens is 618 g/mol. The number of hydrogen-bond acceptors (Lipinski definition) is 10. The first-order chi connectivity index (χ1) is 23.8. The maximum Gasteiger partial charge on any atom is 0.274 e. The number of nitrogens with zero attached hydrogens (tertiary/aromatic N) is 6. The van der Waals surface area contributed by atoms with E-state index in [0.29, 0.717) is 34.9 Å². The summed E-state index contributed by atoms with van der Waals surface area (Å²) in [4.78, 5) is 42.6. The summed E-state index contributed by atoms with van der Waals surface area (Å²) in [6.45, 7) is 4.36. The third-order valence-electron chi connectivity index (χ3n) is 8.30. The predicted molar refractivity (Wildman–Crippen MR) is 194 cm³/mol. The lowest BCUT2D eigenvalue weighted by atomic mass is 10.0. The lowest BCUT2D eigenvalue weighted by Gasteiger charge is -2.34. The second-order valence-electron chi connectivity index (χ2n) is 12.3. The maximum absolute atomic E-state index is 13.5. The minimum Gasteiger partial charge on any atom is -0.495 e. The van der Waals surface area contributed by atoms with Gasteiger partial charge in [0.15, 0.2) is 11.4 Å². The first kappa shape index (κ1) is 33.3. The van der Waals surface area contributed by atoms with E-state index in [2.05, 4.69) is 37.7 Å². The molecule has 3 aromatic carbocycles. The van der Waals surface area contributed by atoms with Crippen molar-refractivity contribution in [2.75, 3.05) is 76.5 Å². The molecule has 1 fully saturated rings. The molecule has 1 aliphatic heterocycles. The number of aromatic nitrogens is 4. The van der Waals surface area contributed by atoms with Gasteiger partial charge in [-0.05, 0) is 69.2 Å². The molecule has 49 heavy (non-hydrogen) atoms. The van der Waals surface area contributed by atoms with Crippen molar-refractivity contribution in [3.05, 3.63) is 96.2 Å². The Morgan fingerprint density at radius 2 is 1.76 bits per heavy atom. The Kier molecular flexibility index (Phi) is 10.3. The molecule has 2 aromatic heterocycles. The van der Waals surface area contributed by atoms with Crippen LogP contribution in [0.5, 0.6) is 5.75 Å². The average Bonchev–Trinajstić information content (AvgIpc) is 3.53. The van der Waals surface area contributed by atoms with Gasteiger partial charge >= 0.3 is 0 Å². The molecule has 5 aromatic rings. The number of fused-ring (bicyclic) bond motifs is 1. The summed E-state index contributed by atoms with van der Waals surface area (Å²) in [5.74, 6) is 0.725. The van der Waals surface area contributed by atoms with Crippen molar-refractivity contribution in [1.29, 1.82) is 0 Å². The van der Waals surface area contributed by atoms with Gasteiger partial charge in [-0.25, -0.2) is 4.98 Å². The summed E-state index contributed by atoms with van der Waals surface area (Å²) in [5, 5.41) is 14.1. The van der Waals surface area contributed by atoms with Gasteiger partial charge < -0.3 is 30.1 Å². The van der Waals surface area contributed by atoms with Gasteiger partial charge in [0.05, 0.1) is 23.9 Å². The highest BCUT2D eigenvalue weighted by Crippen LogP contribution is 2.34. The first-order valence-electron chi connectivity index (χ1n) is 16.2. The SMILES string of the molecule is COc1ccc(Nc2nc(-c3cccc(CC(=O)/C=C/CN(C)C)c3)c3c(C(=O)Nc4ccccc4)[nH]nc3n2)cc1N1CCN(C)CC1. The highest BCUT2D eigenvalue weighted by Gasteiger charge is 2.23. The summed E-state index contributed by atoms with van der Waals surface area (Å²) in [7, 11) is 7.71. The molecule has 0 unspecified atom stereocenters. The smallest absolute Gasteiger partial charge is 0.274 e. The zero-order valence-electron chi connectivity index (χ0n) is 28.2. The Morgan fingerprint density at radius 3 is 2.51 bits per heavy atom. The molecule has 0 radical (unpaired) electrons. The van der Waals surface area contributed by atoms with Crippen LogP contribution < -0.4 is 20.3 Å². The molecule has 1 aliphatic rings. The quantitative estimate of drug-likeness (QED) is 0.157. The molecule has 0 atom stereocenters. The van der Waals surface area contributed by atoms with Crippen molar-refractivity contribution in [3.8, 4) is 17.0 Å². The number of amides is 1. The number of anilines is 4. The molecule has 6 rings (SSSR count). The van der Waals surface area contributed by atoms with Gasteiger partial charge in [-0.3, -0.25) is 14.7 Å². The topological polar surface area (TPSA) is 132 Å². The fourth-order valence-electron chi connectivity index (χ4n) is 5.74. The van der Waals surface area contributed by atoms with E-state index in [0.717, 1.165) is 54.4 Å². The molecule has 0 bridgehead atoms. The summed E-state index contributed by atoms with van der Waals surface area (Å²) in [5.41, 5.74) is 5.02. The average molecular weight is 660 g/mol. The Balaban J connectivity index is 1.37. The van der Waals surface area contributed by atoms with Gasteiger partial charge in [-0.2, -0.15) is 10.1 Å². The van der Waals surface area contributed by atoms with E-state index in [1.165, 1.54) is 0 Å². The maximum atomic E-state index is 13.5. The molecular formula is C37H41N9O3. The second-order valence-corrected chi connectivity index (χ2v) is 12.3. The Hall–Kier alpha value is -5.59. The molecule has 3 N–H and O–H groups in total. The van der Waals surface area contributed by atoms with E-state index in [-0.39, 0.29) is 23.8 Å². The molecule has 252 valence electrons. The van der Waals surface area contributed by atoms with Crippen LogP contribution in [0.1, 0.15) is 16.1 Å². The first-order valence-corrected chi connectivity index (χ1v) is 16.2. The lowest BCUT2D eigenvalue weighted by molar-refractivity contribution is -0.114. The zero-order valence-corrected chi connectivity index (χ0v) is 28.2. The molecule has 1 saturated heterocycles. The number of rotatable bonds is 12. The van der Waals surface area contributed by atoms with Crippen LogP contribution in [0.15, 0.2) is 84.9 Å². The summed E-state index contributed by atoms with van der Waals surface area (Å²) < 4.78 is 5.71. The van der Waals surface area contributed by atoms with Gasteiger partial charge in [0.2, 0.25) is 5.95 Å². The molecule has 0 aliphatic carbocycles. The minimum absolute atomic E-state index is 0.00362. The number of piperazine rings is 1. The number of carbonyl (C=O) groups is 2. The second kappa shape index (κ2) is 15.1. The van der Waals surface area contributed by atoms with E-state index in [9.17, 15) is 9.59 Å². The van der Waals surface area contributed by atoms with Crippen LogP contribution in [-0.4, -0.2) is 103 Å². The number of para-hydroxylation sites is 1. The number of carbonyl (C=O) groups excluding carboxylic acids is 2. The van der Waals surface area contributed by atoms with Crippen LogP contribution in [0.25, 0.3) is 22.3 Å². The van der Waals surface area contributed by atoms with E-state index >= 15 is 0 Å². The number of hydrogen-bond donors (Lipinski definition) is 3. The van der Waals surface area contributed by atoms with Crippen molar-refractivity contribution >= 4 is 45.7 Å². The van der Waals surface area contributed by atoms with Crippen LogP contribution in [0.4, 0.5) is 23.0 Å². The van der Waals surface area contributed by atoms with Crippen LogP contribution in [0.3, 0.4) is 0 Å². The molecule has 1 amide bonds. The van der Waals surface area contributed by atoms with E-state index in [1.807, 2.05) is 97.9 Å². The normalized spacial score (nSPS) is 13.7. The predicted octanol–water partition coefficient (Wildman–Crippen LogP) is 5.01. The number of ether oxygens (including phenoxy) is 1. The fraction of sp³-hybridized carbons (Fsp3) is 0.270. The van der Waals surface area contributed by atoms with Crippen LogP contribution in [0.2, 0.25) is 0 Å². The van der Waals surface area contributed by atoms with Crippen LogP contribution in [-0.2, 0) is 11.2 Å². The number of nitrogens with one attached hydrogen (secondary N) is 3. The lowest BCUT2D eigenvalue weighted by Crippen LogP contribution is -2.44. The van der Waals surface area contributed by atoms with E-state index in [4.69, 9.17) is 14.7 Å². The van der Waals surface area contributed by atoms with Crippen molar-refractivity contribution in [2.24, 2.45) is 0 Å². The van der Waals surface area contributed by atoms with Crippen molar-refractivity contribution < 1.29 is 14.3 Å². The Bertz CT molecular complexity index is 1970. The minimum atomic E-state index is -0.372. The van der Waals surface area contributed by atoms with Gasteiger partial charge in [0.25, 0.3) is 5.91 Å². The fourth-order valence-corrected chi connectivity index (χ4v) is 5.74. The van der Waals surface area contributed by atoms with E-state index < -0.39 is 0 Å². The highest BCUT2D eigenvalue weighted by molar-refractivity contribution is 6.13. The van der Waals surface area contributed by atoms with Gasteiger partial charge in [0, 0.05) is 56.1 Å². The number of benzene rings is 3. The third kappa shape index (κ3) is 8.11.